The zero-order valence-corrected chi connectivity index (χ0v) is 38.6. The molecule has 5 aromatic rings. The number of benzene rings is 2. The summed E-state index contributed by atoms with van der Waals surface area (Å²) in [5.74, 6) is -2.39. The van der Waals surface area contributed by atoms with Crippen LogP contribution in [0.5, 0.6) is 0 Å². The number of rotatable bonds is 13. The Morgan fingerprint density at radius 2 is 1.63 bits per heavy atom. The number of halogens is 11. The molecule has 1 aliphatic carbocycles. The predicted molar refractivity (Wildman–Crippen MR) is 231 cm³/mol. The van der Waals surface area contributed by atoms with Gasteiger partial charge in [-0.2, -0.15) is 49.6 Å². The summed E-state index contributed by atoms with van der Waals surface area (Å²) in [5.41, 5.74) is -5.11. The largest absolute Gasteiger partial charge is 0.435 e. The smallest absolute Gasteiger partial charge is 0.395 e. The van der Waals surface area contributed by atoms with Crippen molar-refractivity contribution in [3.05, 3.63) is 93.0 Å². The molecule has 2 aromatic carbocycles. The number of amides is 3. The number of hydrogen-bond acceptors (Lipinski definition) is 8. The second-order valence-corrected chi connectivity index (χ2v) is 19.6. The molecule has 1 aliphatic rings. The lowest BCUT2D eigenvalue weighted by Crippen LogP contribution is -2.43. The minimum Gasteiger partial charge on any atom is -0.395 e. The van der Waals surface area contributed by atoms with Crippen LogP contribution < -0.4 is 9.62 Å². The van der Waals surface area contributed by atoms with Crippen LogP contribution >= 0.6 is 11.6 Å². The lowest BCUT2D eigenvalue weighted by atomic mass is 9.93. The summed E-state index contributed by atoms with van der Waals surface area (Å²) in [6.07, 6.45) is -10.2. The van der Waals surface area contributed by atoms with Crippen LogP contribution in [0.25, 0.3) is 22.0 Å². The van der Waals surface area contributed by atoms with Crippen LogP contribution in [0.4, 0.5) is 54.5 Å². The first-order valence-electron chi connectivity index (χ1n) is 20.0. The molecule has 3 unspecified atom stereocenters. The standard InChI is InChI=1S/C42H39ClF10N8O5S2/c1-39(2,67(4)65)12-10-25-6-7-26(27-8-9-29(43)32-34(27)60(21-41(48,49)50)57-37(32)61(68(5)66)38(64)58(3)14-15-62)33(54-25)30(18-22-16-23(44)19-24(45)17-22)55-31(63)20-59-36-28(11-13-40(36,46)47)35(56-59)42(51,52)53/h6-9,16-17,19,30,62H,11,13-15,18,20-21H2,1-5H3,(H,55,63). The van der Waals surface area contributed by atoms with E-state index in [1.54, 1.807) is 0 Å². The Morgan fingerprint density at radius 1 is 0.985 bits per heavy atom. The predicted octanol–water partition coefficient (Wildman–Crippen LogP) is 7.60. The molecule has 3 aromatic heterocycles. The quantitative estimate of drug-likeness (QED) is 0.0903. The lowest BCUT2D eigenvalue weighted by Gasteiger charge is -2.24. The summed E-state index contributed by atoms with van der Waals surface area (Å²) in [5, 5.41) is 18.7. The van der Waals surface area contributed by atoms with Crippen LogP contribution in [0.2, 0.25) is 5.02 Å². The van der Waals surface area contributed by atoms with E-state index in [1.165, 1.54) is 51.4 Å². The molecule has 3 heterocycles. The molecule has 13 nitrogen and oxygen atoms in total. The van der Waals surface area contributed by atoms with Crippen molar-refractivity contribution in [1.29, 1.82) is 0 Å². The highest BCUT2D eigenvalue weighted by atomic mass is 35.5. The zero-order chi connectivity index (χ0) is 50.4. The summed E-state index contributed by atoms with van der Waals surface area (Å²) in [6.45, 7) is -0.901. The fourth-order valence-corrected chi connectivity index (χ4v) is 8.56. The van der Waals surface area contributed by atoms with Crippen molar-refractivity contribution in [3.8, 4) is 23.0 Å². The van der Waals surface area contributed by atoms with E-state index in [4.69, 9.17) is 11.6 Å². The maximum Gasteiger partial charge on any atom is 0.435 e. The van der Waals surface area contributed by atoms with Crippen molar-refractivity contribution in [3.63, 3.8) is 0 Å². The van der Waals surface area contributed by atoms with Crippen molar-refractivity contribution in [1.82, 2.24) is 34.8 Å². The maximum atomic E-state index is 15.1. The molecule has 0 aliphatic heterocycles. The number of urea groups is 1. The van der Waals surface area contributed by atoms with Gasteiger partial charge in [-0.15, -0.1) is 0 Å². The summed E-state index contributed by atoms with van der Waals surface area (Å²) >= 11 is 6.67. The fourth-order valence-electron chi connectivity index (χ4n) is 7.40. The number of carbonyl (C=O) groups is 2. The van der Waals surface area contributed by atoms with E-state index in [0.717, 1.165) is 23.3 Å². The zero-order valence-electron chi connectivity index (χ0n) is 36.3. The van der Waals surface area contributed by atoms with E-state index in [9.17, 15) is 58.2 Å². The van der Waals surface area contributed by atoms with E-state index in [0.29, 0.717) is 15.1 Å². The Morgan fingerprint density at radius 3 is 2.22 bits per heavy atom. The number of anilines is 1. The average molecular weight is 1030 g/mol. The van der Waals surface area contributed by atoms with Crippen LogP contribution in [-0.2, 0) is 64.6 Å². The van der Waals surface area contributed by atoms with Gasteiger partial charge >= 0.3 is 18.4 Å². The van der Waals surface area contributed by atoms with Crippen LogP contribution in [-0.4, -0.2) is 98.5 Å². The molecule has 0 fully saturated rings. The molecule has 2 N–H and O–H groups in total. The molecular weight excluding hydrogens is 986 g/mol. The van der Waals surface area contributed by atoms with Crippen molar-refractivity contribution in [2.75, 3.05) is 37.0 Å². The third-order valence-electron chi connectivity index (χ3n) is 10.6. The van der Waals surface area contributed by atoms with Gasteiger partial charge in [0.05, 0.1) is 34.3 Å². The van der Waals surface area contributed by atoms with Gasteiger partial charge in [0.25, 0.3) is 5.92 Å². The number of pyridine rings is 1. The SMILES string of the molecule is CN(CCO)C(=O)N(c1nn(CC(F)(F)F)c2c(-c3ccc(C#CC(C)(C)S(C)=O)nc3C(Cc3cc(F)cc(F)c3)NC(=O)Cn3nc(C(F)(F)F)c4c3C(F)(F)CC4)ccc(Cl)c12)S(C)=O. The first-order valence-corrected chi connectivity index (χ1v) is 23.4. The first-order chi connectivity index (χ1) is 31.5. The number of nitrogens with zero attached hydrogens (tertiary/aromatic N) is 7. The van der Waals surface area contributed by atoms with Crippen LogP contribution in [0.3, 0.4) is 0 Å². The fraction of sp³-hybridized carbons (Fsp3) is 0.405. The molecule has 0 radical (unpaired) electrons. The first kappa shape index (κ1) is 51.8. The Labute approximate surface area is 390 Å². The number of aromatic nitrogens is 5. The van der Waals surface area contributed by atoms with E-state index in [-0.39, 0.29) is 49.7 Å². The molecular formula is C42H39ClF10N8O5S2. The molecule has 68 heavy (non-hydrogen) atoms. The minimum atomic E-state index is -5.19. The minimum absolute atomic E-state index is 0.133. The molecule has 0 spiro atoms. The second kappa shape index (κ2) is 19.4. The highest BCUT2D eigenvalue weighted by molar-refractivity contribution is 7.86. The van der Waals surface area contributed by atoms with E-state index >= 15 is 8.78 Å². The highest BCUT2D eigenvalue weighted by Gasteiger charge is 2.50. The highest BCUT2D eigenvalue weighted by Crippen LogP contribution is 2.47. The normalized spacial score (nSPS) is 15.1. The van der Waals surface area contributed by atoms with Crippen molar-refractivity contribution in [2.24, 2.45) is 0 Å². The monoisotopic (exact) mass is 1020 g/mol. The maximum absolute atomic E-state index is 15.1. The van der Waals surface area contributed by atoms with Gasteiger partial charge in [-0.3, -0.25) is 18.4 Å². The third-order valence-corrected chi connectivity index (χ3v) is 13.3. The Hall–Kier alpha value is -5.58. The molecule has 0 bridgehead atoms. The third kappa shape index (κ3) is 11.1. The van der Waals surface area contributed by atoms with Crippen molar-refractivity contribution in [2.45, 2.75) is 75.3 Å². The molecule has 0 saturated heterocycles. The Bertz CT molecular complexity index is 2890. The molecule has 0 saturated carbocycles. The molecule has 366 valence electrons. The summed E-state index contributed by atoms with van der Waals surface area (Å²) in [4.78, 5) is 33.2. The van der Waals surface area contributed by atoms with Gasteiger partial charge < -0.3 is 15.3 Å². The van der Waals surface area contributed by atoms with Crippen molar-refractivity contribution < 1.29 is 67.0 Å². The van der Waals surface area contributed by atoms with Gasteiger partial charge in [0, 0.05) is 66.1 Å². The lowest BCUT2D eigenvalue weighted by molar-refractivity contribution is -0.142. The van der Waals surface area contributed by atoms with Gasteiger partial charge in [-0.1, -0.05) is 23.6 Å². The number of hydrogen-bond donors (Lipinski definition) is 2. The molecule has 6 rings (SSSR count). The number of aliphatic hydroxyl groups is 1. The number of fused-ring (bicyclic) bond motifs is 2. The second-order valence-electron chi connectivity index (χ2n) is 16.0. The number of carbonyl (C=O) groups excluding carboxylic acids is 2. The Kier molecular flexibility index (Phi) is 14.8. The summed E-state index contributed by atoms with van der Waals surface area (Å²) in [6, 6.07) is 4.42. The molecule has 3 amide bonds. The van der Waals surface area contributed by atoms with Crippen LogP contribution in [0.1, 0.15) is 60.2 Å². The number of nitrogens with one attached hydrogen (secondary N) is 1. The van der Waals surface area contributed by atoms with Crippen LogP contribution in [0.15, 0.2) is 42.5 Å². The van der Waals surface area contributed by atoms with E-state index in [2.05, 4.69) is 32.3 Å². The number of aliphatic hydroxyl groups excluding tert-OH is 1. The number of alkyl halides is 8. The topological polar surface area (TPSA) is 156 Å². The summed E-state index contributed by atoms with van der Waals surface area (Å²) in [7, 11) is -2.69. The van der Waals surface area contributed by atoms with Gasteiger partial charge in [0.15, 0.2) is 11.5 Å². The summed E-state index contributed by atoms with van der Waals surface area (Å²) < 4.78 is 171. The van der Waals surface area contributed by atoms with Gasteiger partial charge in [-0.05, 0) is 68.5 Å². The van der Waals surface area contributed by atoms with Crippen LogP contribution in [0, 0.1) is 23.5 Å². The van der Waals surface area contributed by atoms with Gasteiger partial charge in [0.2, 0.25) is 5.91 Å². The van der Waals surface area contributed by atoms with Crippen molar-refractivity contribution >= 4 is 62.0 Å². The Balaban J connectivity index is 1.64. The average Bonchev–Trinajstić information content (AvgIpc) is 3.87. The van der Waals surface area contributed by atoms with Gasteiger partial charge in [-0.25, -0.2) is 22.8 Å². The number of likely N-dealkylation sites (N-methyl/N-ethyl adjacent to an activating group) is 1. The van der Waals surface area contributed by atoms with Gasteiger partial charge in [0.1, 0.15) is 51.8 Å². The molecule has 26 heteroatoms. The molecule has 3 atom stereocenters. The van der Waals surface area contributed by atoms with E-state index < -0.39 is 142 Å². The van der Waals surface area contributed by atoms with E-state index in [1.807, 2.05) is 0 Å².